The number of carbonyl (C=O) groups excluding carboxylic acids is 2. The molecule has 1 aliphatic rings. The number of hydrogen-bond donors (Lipinski definition) is 1. The lowest BCUT2D eigenvalue weighted by atomic mass is 10.0. The Morgan fingerprint density at radius 2 is 1.92 bits per heavy atom. The van der Waals surface area contributed by atoms with Crippen molar-refractivity contribution in [2.45, 2.75) is 33.1 Å². The van der Waals surface area contributed by atoms with E-state index in [1.54, 1.807) is 4.90 Å². The topological polar surface area (TPSA) is 49.4 Å². The van der Waals surface area contributed by atoms with E-state index in [4.69, 9.17) is 0 Å². The van der Waals surface area contributed by atoms with Crippen molar-refractivity contribution in [3.63, 3.8) is 0 Å². The largest absolute Gasteiger partial charge is 0.322 e. The monoisotopic (exact) mass is 336 g/mol. The van der Waals surface area contributed by atoms with E-state index in [-0.39, 0.29) is 11.8 Å². The first-order valence-corrected chi connectivity index (χ1v) is 8.83. The summed E-state index contributed by atoms with van der Waals surface area (Å²) >= 11 is 0. The van der Waals surface area contributed by atoms with Crippen molar-refractivity contribution in [3.8, 4) is 0 Å². The van der Waals surface area contributed by atoms with Crippen LogP contribution < -0.4 is 10.2 Å². The van der Waals surface area contributed by atoms with Gasteiger partial charge in [-0.3, -0.25) is 9.59 Å². The molecule has 0 aromatic heterocycles. The van der Waals surface area contributed by atoms with Crippen molar-refractivity contribution < 1.29 is 9.59 Å². The highest BCUT2D eigenvalue weighted by Crippen LogP contribution is 2.24. The van der Waals surface area contributed by atoms with Gasteiger partial charge in [0.05, 0.1) is 0 Å². The van der Waals surface area contributed by atoms with Gasteiger partial charge in [-0.05, 0) is 54.7 Å². The van der Waals surface area contributed by atoms with Gasteiger partial charge in [-0.1, -0.05) is 32.0 Å². The Morgan fingerprint density at radius 1 is 1.16 bits per heavy atom. The third kappa shape index (κ3) is 4.27. The predicted molar refractivity (Wildman–Crippen MR) is 101 cm³/mol. The number of amides is 2. The smallest absolute Gasteiger partial charge is 0.255 e. The number of nitrogens with one attached hydrogen (secondary N) is 1. The van der Waals surface area contributed by atoms with E-state index < -0.39 is 0 Å². The lowest BCUT2D eigenvalue weighted by molar-refractivity contribution is -0.117. The minimum absolute atomic E-state index is 0.138. The van der Waals surface area contributed by atoms with Gasteiger partial charge < -0.3 is 10.2 Å². The number of nitrogens with zero attached hydrogens (tertiary/aromatic N) is 1. The Kier molecular flexibility index (Phi) is 5.17. The van der Waals surface area contributed by atoms with E-state index in [0.29, 0.717) is 23.6 Å². The second kappa shape index (κ2) is 7.51. The summed E-state index contributed by atoms with van der Waals surface area (Å²) in [6, 6.07) is 15.2. The molecule has 1 N–H and O–H groups in total. The van der Waals surface area contributed by atoms with Crippen LogP contribution in [0.4, 0.5) is 11.4 Å². The Hall–Kier alpha value is -2.62. The molecule has 2 aromatic rings. The van der Waals surface area contributed by atoms with Crippen molar-refractivity contribution in [1.82, 2.24) is 0 Å². The van der Waals surface area contributed by atoms with Gasteiger partial charge in [0.25, 0.3) is 5.91 Å². The second-order valence-corrected chi connectivity index (χ2v) is 6.95. The van der Waals surface area contributed by atoms with Crippen molar-refractivity contribution >= 4 is 23.2 Å². The van der Waals surface area contributed by atoms with Crippen molar-refractivity contribution in [3.05, 3.63) is 59.7 Å². The maximum Gasteiger partial charge on any atom is 0.255 e. The number of rotatable bonds is 5. The van der Waals surface area contributed by atoms with Gasteiger partial charge in [-0.15, -0.1) is 0 Å². The summed E-state index contributed by atoms with van der Waals surface area (Å²) in [6.45, 7) is 5.10. The maximum absolute atomic E-state index is 12.5. The van der Waals surface area contributed by atoms with E-state index in [1.165, 1.54) is 5.56 Å². The molecular formula is C21H24N2O2. The zero-order valence-electron chi connectivity index (χ0n) is 14.8. The van der Waals surface area contributed by atoms with Crippen LogP contribution in [-0.4, -0.2) is 18.4 Å². The molecular weight excluding hydrogens is 312 g/mol. The maximum atomic E-state index is 12.5. The minimum atomic E-state index is -0.138. The summed E-state index contributed by atoms with van der Waals surface area (Å²) in [5.41, 5.74) is 3.41. The molecule has 1 heterocycles. The van der Waals surface area contributed by atoms with Gasteiger partial charge in [-0.2, -0.15) is 0 Å². The molecule has 1 fully saturated rings. The lowest BCUT2D eigenvalue weighted by Crippen LogP contribution is -2.23. The molecule has 0 unspecified atom stereocenters. The molecule has 3 rings (SSSR count). The van der Waals surface area contributed by atoms with Gasteiger partial charge in [0, 0.05) is 29.9 Å². The molecule has 1 aliphatic heterocycles. The Balaban J connectivity index is 1.69. The zero-order chi connectivity index (χ0) is 17.8. The quantitative estimate of drug-likeness (QED) is 0.887. The third-order valence-electron chi connectivity index (χ3n) is 4.35. The molecule has 0 saturated carbocycles. The summed E-state index contributed by atoms with van der Waals surface area (Å²) < 4.78 is 0. The van der Waals surface area contributed by atoms with E-state index >= 15 is 0 Å². The predicted octanol–water partition coefficient (Wildman–Crippen LogP) is 4.26. The molecule has 0 aliphatic carbocycles. The Labute approximate surface area is 148 Å². The first kappa shape index (κ1) is 17.2. The lowest BCUT2D eigenvalue weighted by Gasteiger charge is -2.16. The van der Waals surface area contributed by atoms with Crippen LogP contribution in [0, 0.1) is 5.92 Å². The van der Waals surface area contributed by atoms with Crippen LogP contribution in [0.3, 0.4) is 0 Å². The highest BCUT2D eigenvalue weighted by atomic mass is 16.2. The first-order chi connectivity index (χ1) is 12.0. The van der Waals surface area contributed by atoms with Gasteiger partial charge in [0.1, 0.15) is 0 Å². The van der Waals surface area contributed by atoms with E-state index in [1.807, 2.05) is 48.5 Å². The van der Waals surface area contributed by atoms with E-state index in [0.717, 1.165) is 25.1 Å². The van der Waals surface area contributed by atoms with E-state index in [2.05, 4.69) is 19.2 Å². The summed E-state index contributed by atoms with van der Waals surface area (Å²) in [7, 11) is 0. The average molecular weight is 336 g/mol. The number of benzene rings is 2. The molecule has 2 amide bonds. The SMILES string of the molecule is CC(C)Cc1ccc(C(=O)Nc2cccc(N3CCCC3=O)c2)cc1. The second-order valence-electron chi connectivity index (χ2n) is 6.95. The van der Waals surface area contributed by atoms with Crippen LogP contribution in [-0.2, 0) is 11.2 Å². The highest BCUT2D eigenvalue weighted by molar-refractivity contribution is 6.05. The van der Waals surface area contributed by atoms with Crippen molar-refractivity contribution in [2.24, 2.45) is 5.92 Å². The number of hydrogen-bond acceptors (Lipinski definition) is 2. The van der Waals surface area contributed by atoms with Gasteiger partial charge >= 0.3 is 0 Å². The summed E-state index contributed by atoms with van der Waals surface area (Å²) in [6.07, 6.45) is 2.49. The minimum Gasteiger partial charge on any atom is -0.322 e. The first-order valence-electron chi connectivity index (χ1n) is 8.83. The van der Waals surface area contributed by atoms with Gasteiger partial charge in [0.2, 0.25) is 5.91 Å². The molecule has 4 heteroatoms. The molecule has 2 aromatic carbocycles. The normalized spacial score (nSPS) is 14.2. The third-order valence-corrected chi connectivity index (χ3v) is 4.35. The fraction of sp³-hybridized carbons (Fsp3) is 0.333. The Bertz CT molecular complexity index is 766. The summed E-state index contributed by atoms with van der Waals surface area (Å²) in [5, 5.41) is 2.92. The number of carbonyl (C=O) groups is 2. The standard InChI is InChI=1S/C21H24N2O2/c1-15(2)13-16-8-10-17(11-9-16)21(25)22-18-5-3-6-19(14-18)23-12-4-7-20(23)24/h3,5-6,8-11,14-15H,4,7,12-13H2,1-2H3,(H,22,25). The molecule has 0 radical (unpaired) electrons. The van der Waals surface area contributed by atoms with E-state index in [9.17, 15) is 9.59 Å². The fourth-order valence-electron chi connectivity index (χ4n) is 3.14. The fourth-order valence-corrected chi connectivity index (χ4v) is 3.14. The summed E-state index contributed by atoms with van der Waals surface area (Å²) in [5.74, 6) is 0.598. The zero-order valence-corrected chi connectivity index (χ0v) is 14.8. The summed E-state index contributed by atoms with van der Waals surface area (Å²) in [4.78, 5) is 26.1. The van der Waals surface area contributed by atoms with Crippen LogP contribution in [0.2, 0.25) is 0 Å². The van der Waals surface area contributed by atoms with Crippen LogP contribution >= 0.6 is 0 Å². The average Bonchev–Trinajstić information content (AvgIpc) is 3.01. The molecule has 130 valence electrons. The van der Waals surface area contributed by atoms with Gasteiger partial charge in [0.15, 0.2) is 0 Å². The number of anilines is 2. The molecule has 25 heavy (non-hydrogen) atoms. The van der Waals surface area contributed by atoms with Crippen LogP contribution in [0.1, 0.15) is 42.6 Å². The molecule has 0 spiro atoms. The molecule has 4 nitrogen and oxygen atoms in total. The molecule has 0 atom stereocenters. The molecule has 0 bridgehead atoms. The van der Waals surface area contributed by atoms with Crippen LogP contribution in [0.25, 0.3) is 0 Å². The van der Waals surface area contributed by atoms with Crippen LogP contribution in [0.15, 0.2) is 48.5 Å². The van der Waals surface area contributed by atoms with Crippen molar-refractivity contribution in [1.29, 1.82) is 0 Å². The van der Waals surface area contributed by atoms with Gasteiger partial charge in [-0.25, -0.2) is 0 Å². The van der Waals surface area contributed by atoms with Crippen molar-refractivity contribution in [2.75, 3.05) is 16.8 Å². The Morgan fingerprint density at radius 3 is 2.56 bits per heavy atom. The highest BCUT2D eigenvalue weighted by Gasteiger charge is 2.21. The molecule has 1 saturated heterocycles. The van der Waals surface area contributed by atoms with Crippen LogP contribution in [0.5, 0.6) is 0 Å².